The van der Waals surface area contributed by atoms with E-state index < -0.39 is 0 Å². The third kappa shape index (κ3) is 4.13. The summed E-state index contributed by atoms with van der Waals surface area (Å²) < 4.78 is 1.93. The summed E-state index contributed by atoms with van der Waals surface area (Å²) in [4.78, 5) is 11.7. The van der Waals surface area contributed by atoms with E-state index >= 15 is 0 Å². The van der Waals surface area contributed by atoms with E-state index in [9.17, 15) is 4.79 Å². The molecule has 0 bridgehead atoms. The highest BCUT2D eigenvalue weighted by Crippen LogP contribution is 2.03. The van der Waals surface area contributed by atoms with Gasteiger partial charge in [-0.05, 0) is 39.3 Å². The predicted octanol–water partition coefficient (Wildman–Crippen LogP) is 1.95. The van der Waals surface area contributed by atoms with E-state index in [-0.39, 0.29) is 11.9 Å². The molecule has 0 saturated heterocycles. The van der Waals surface area contributed by atoms with E-state index in [2.05, 4.69) is 17.7 Å². The van der Waals surface area contributed by atoms with Crippen LogP contribution in [0.25, 0.3) is 0 Å². The van der Waals surface area contributed by atoms with Crippen molar-refractivity contribution < 1.29 is 4.79 Å². The second kappa shape index (κ2) is 6.33. The highest BCUT2D eigenvalue weighted by Gasteiger charge is 2.07. The maximum atomic E-state index is 11.7. The van der Waals surface area contributed by atoms with Gasteiger partial charge in [0.15, 0.2) is 0 Å². The minimum Gasteiger partial charge on any atom is -0.352 e. The molecule has 1 aromatic rings. The smallest absolute Gasteiger partial charge is 0.241 e. The zero-order chi connectivity index (χ0) is 12.8. The van der Waals surface area contributed by atoms with Crippen molar-refractivity contribution in [3.63, 3.8) is 0 Å². The van der Waals surface area contributed by atoms with Gasteiger partial charge in [0, 0.05) is 17.4 Å². The number of nitrogens with one attached hydrogen (secondary N) is 2. The number of carbonyl (C=O) groups is 1. The third-order valence-electron chi connectivity index (χ3n) is 2.80. The van der Waals surface area contributed by atoms with E-state index in [1.807, 2.05) is 37.6 Å². The van der Waals surface area contributed by atoms with Crippen LogP contribution in [-0.4, -0.2) is 23.2 Å². The maximum Gasteiger partial charge on any atom is 0.241 e. The Bertz CT molecular complexity index is 351. The number of aryl methyl sites for hydroxylation is 2. The first-order valence-corrected chi connectivity index (χ1v) is 6.22. The number of rotatable bonds is 6. The Hall–Kier alpha value is -1.45. The van der Waals surface area contributed by atoms with E-state index in [1.54, 1.807) is 0 Å². The van der Waals surface area contributed by atoms with Crippen molar-refractivity contribution in [2.24, 2.45) is 0 Å². The van der Waals surface area contributed by atoms with Gasteiger partial charge in [0.2, 0.25) is 5.91 Å². The Morgan fingerprint density at radius 2 is 1.94 bits per heavy atom. The Kier molecular flexibility index (Phi) is 5.07. The van der Waals surface area contributed by atoms with Crippen molar-refractivity contribution >= 4 is 5.91 Å². The van der Waals surface area contributed by atoms with Crippen molar-refractivity contribution in [3.05, 3.63) is 23.5 Å². The fourth-order valence-corrected chi connectivity index (χ4v) is 1.90. The summed E-state index contributed by atoms with van der Waals surface area (Å²) in [5.41, 5.74) is 5.33. The van der Waals surface area contributed by atoms with Gasteiger partial charge >= 0.3 is 0 Å². The molecule has 1 rings (SSSR count). The molecule has 2 N–H and O–H groups in total. The minimum atomic E-state index is 0.0402. The lowest BCUT2D eigenvalue weighted by atomic mass is 10.2. The highest BCUT2D eigenvalue weighted by atomic mass is 16.2. The molecule has 0 radical (unpaired) electrons. The number of hydrogen-bond donors (Lipinski definition) is 2. The van der Waals surface area contributed by atoms with Crippen LogP contribution < -0.4 is 10.7 Å². The summed E-state index contributed by atoms with van der Waals surface area (Å²) in [6.07, 6.45) is 2.11. The van der Waals surface area contributed by atoms with Crippen molar-refractivity contribution in [2.75, 3.05) is 12.0 Å². The lowest BCUT2D eigenvalue weighted by Crippen LogP contribution is -2.38. The molecular formula is C13H23N3O. The molecule has 1 amide bonds. The first-order chi connectivity index (χ1) is 8.04. The SMILES string of the molecule is CCCC(C)NC(=O)CNn1c(C)ccc1C. The number of hydrogen-bond acceptors (Lipinski definition) is 2. The Balaban J connectivity index is 2.38. The molecule has 0 spiro atoms. The summed E-state index contributed by atoms with van der Waals surface area (Å²) in [6.45, 7) is 8.49. The lowest BCUT2D eigenvalue weighted by molar-refractivity contribution is -0.120. The molecule has 0 fully saturated rings. The number of nitrogens with zero attached hydrogens (tertiary/aromatic N) is 1. The summed E-state index contributed by atoms with van der Waals surface area (Å²) in [6, 6.07) is 4.31. The number of amides is 1. The first-order valence-electron chi connectivity index (χ1n) is 6.22. The van der Waals surface area contributed by atoms with Crippen LogP contribution in [0.5, 0.6) is 0 Å². The van der Waals surface area contributed by atoms with Crippen LogP contribution in [-0.2, 0) is 4.79 Å². The van der Waals surface area contributed by atoms with Gasteiger partial charge in [0.25, 0.3) is 0 Å². The quantitative estimate of drug-likeness (QED) is 0.794. The monoisotopic (exact) mass is 237 g/mol. The van der Waals surface area contributed by atoms with Crippen molar-refractivity contribution in [2.45, 2.75) is 46.6 Å². The van der Waals surface area contributed by atoms with Gasteiger partial charge in [-0.2, -0.15) is 0 Å². The van der Waals surface area contributed by atoms with Gasteiger partial charge in [-0.1, -0.05) is 13.3 Å². The molecule has 0 saturated carbocycles. The number of carbonyl (C=O) groups excluding carboxylic acids is 1. The normalized spacial score (nSPS) is 12.2. The predicted molar refractivity (Wildman–Crippen MR) is 70.6 cm³/mol. The van der Waals surface area contributed by atoms with E-state index in [0.717, 1.165) is 24.2 Å². The van der Waals surface area contributed by atoms with Gasteiger partial charge in [-0.15, -0.1) is 0 Å². The lowest BCUT2D eigenvalue weighted by Gasteiger charge is -2.15. The molecule has 1 atom stereocenters. The fraction of sp³-hybridized carbons (Fsp3) is 0.615. The molecule has 4 heteroatoms. The summed E-state index contributed by atoms with van der Waals surface area (Å²) in [5.74, 6) is 0.0402. The van der Waals surface area contributed by atoms with Crippen LogP contribution in [0.15, 0.2) is 12.1 Å². The fourth-order valence-electron chi connectivity index (χ4n) is 1.90. The molecule has 1 unspecified atom stereocenters. The van der Waals surface area contributed by atoms with Crippen molar-refractivity contribution in [3.8, 4) is 0 Å². The van der Waals surface area contributed by atoms with Crippen LogP contribution in [0.1, 0.15) is 38.1 Å². The average Bonchev–Trinajstić information content (AvgIpc) is 2.56. The molecule has 96 valence electrons. The Morgan fingerprint density at radius 3 is 2.47 bits per heavy atom. The second-order valence-corrected chi connectivity index (χ2v) is 4.54. The largest absolute Gasteiger partial charge is 0.352 e. The topological polar surface area (TPSA) is 46.1 Å². The van der Waals surface area contributed by atoms with Crippen molar-refractivity contribution in [1.29, 1.82) is 0 Å². The number of aromatic nitrogens is 1. The second-order valence-electron chi connectivity index (χ2n) is 4.54. The van der Waals surface area contributed by atoms with E-state index in [4.69, 9.17) is 0 Å². The molecule has 0 aromatic carbocycles. The van der Waals surface area contributed by atoms with Crippen LogP contribution in [0.3, 0.4) is 0 Å². The maximum absolute atomic E-state index is 11.7. The zero-order valence-corrected chi connectivity index (χ0v) is 11.2. The van der Waals surface area contributed by atoms with Crippen LogP contribution in [0, 0.1) is 13.8 Å². The summed E-state index contributed by atoms with van der Waals surface area (Å²) in [5, 5.41) is 2.97. The average molecular weight is 237 g/mol. The van der Waals surface area contributed by atoms with Crippen molar-refractivity contribution in [1.82, 2.24) is 9.99 Å². The Morgan fingerprint density at radius 1 is 1.35 bits per heavy atom. The van der Waals surface area contributed by atoms with Crippen LogP contribution in [0.2, 0.25) is 0 Å². The van der Waals surface area contributed by atoms with Crippen LogP contribution in [0.4, 0.5) is 0 Å². The van der Waals surface area contributed by atoms with E-state index in [0.29, 0.717) is 6.54 Å². The molecular weight excluding hydrogens is 214 g/mol. The molecule has 1 heterocycles. The third-order valence-corrected chi connectivity index (χ3v) is 2.80. The van der Waals surface area contributed by atoms with Gasteiger partial charge in [0.1, 0.15) is 6.54 Å². The molecule has 1 aromatic heterocycles. The van der Waals surface area contributed by atoms with Gasteiger partial charge in [-0.25, -0.2) is 0 Å². The van der Waals surface area contributed by atoms with Gasteiger partial charge in [0.05, 0.1) is 0 Å². The molecule has 0 aliphatic heterocycles. The molecule has 0 aliphatic rings. The van der Waals surface area contributed by atoms with Gasteiger partial charge < -0.3 is 10.7 Å². The molecule has 0 aliphatic carbocycles. The minimum absolute atomic E-state index is 0.0402. The standard InChI is InChI=1S/C13H23N3O/c1-5-6-10(2)15-13(17)9-14-16-11(3)7-8-12(16)4/h7-8,10,14H,5-6,9H2,1-4H3,(H,15,17). The molecule has 4 nitrogen and oxygen atoms in total. The zero-order valence-electron chi connectivity index (χ0n) is 11.2. The van der Waals surface area contributed by atoms with Gasteiger partial charge in [-0.3, -0.25) is 9.47 Å². The molecule has 17 heavy (non-hydrogen) atoms. The summed E-state index contributed by atoms with van der Waals surface area (Å²) in [7, 11) is 0. The first kappa shape index (κ1) is 13.6. The van der Waals surface area contributed by atoms with Crippen LogP contribution >= 0.6 is 0 Å². The van der Waals surface area contributed by atoms with E-state index in [1.165, 1.54) is 0 Å². The highest BCUT2D eigenvalue weighted by molar-refractivity contribution is 5.79. The summed E-state index contributed by atoms with van der Waals surface area (Å²) >= 11 is 0. The Labute approximate surface area is 103 Å².